The molecule has 2 heterocycles. The van der Waals surface area contributed by atoms with Crippen LogP contribution in [0.1, 0.15) is 37.8 Å². The molecule has 4 rings (SSSR count). The number of alkyl halides is 3. The van der Waals surface area contributed by atoms with E-state index in [0.717, 1.165) is 23.1 Å². The number of anilines is 2. The van der Waals surface area contributed by atoms with Gasteiger partial charge in [-0.05, 0) is 69.2 Å². The fraction of sp³-hybridized carbons (Fsp3) is 0.417. The maximum atomic E-state index is 15.0. The molecule has 0 saturated carbocycles. The van der Waals surface area contributed by atoms with Crippen molar-refractivity contribution in [3.63, 3.8) is 0 Å². The number of hydrogen-bond donors (Lipinski definition) is 1. The van der Waals surface area contributed by atoms with Crippen LogP contribution in [0.2, 0.25) is 0 Å². The molecule has 2 aromatic carbocycles. The van der Waals surface area contributed by atoms with Gasteiger partial charge in [-0.25, -0.2) is 12.8 Å². The second-order valence-electron chi connectivity index (χ2n) is 9.44. The van der Waals surface area contributed by atoms with Crippen LogP contribution in [0, 0.1) is 17.1 Å². The molecule has 2 aliphatic heterocycles. The van der Waals surface area contributed by atoms with Gasteiger partial charge in [0.15, 0.2) is 32.7 Å². The number of ether oxygens (including phenoxy) is 1. The van der Waals surface area contributed by atoms with Crippen LogP contribution in [0.15, 0.2) is 36.4 Å². The lowest BCUT2D eigenvalue weighted by Gasteiger charge is -2.33. The molecule has 2 fully saturated rings. The zero-order valence-corrected chi connectivity index (χ0v) is 21.4. The van der Waals surface area contributed by atoms with Crippen molar-refractivity contribution in [1.82, 2.24) is 0 Å². The molecule has 7 nitrogen and oxygen atoms in total. The molecule has 0 radical (unpaired) electrons. The first-order chi connectivity index (χ1) is 17.2. The molecular weight excluding hydrogens is 534 g/mol. The third-order valence-electron chi connectivity index (χ3n) is 6.53. The van der Waals surface area contributed by atoms with E-state index in [-0.39, 0.29) is 46.6 Å². The first kappa shape index (κ1) is 27.1. The van der Waals surface area contributed by atoms with Crippen molar-refractivity contribution >= 4 is 38.5 Å². The number of hydrogen-bond acceptors (Lipinski definition) is 6. The predicted molar refractivity (Wildman–Crippen MR) is 133 cm³/mol. The highest BCUT2D eigenvalue weighted by molar-refractivity contribution is 7.91. The van der Waals surface area contributed by atoms with Crippen LogP contribution >= 0.6 is 12.2 Å². The van der Waals surface area contributed by atoms with Gasteiger partial charge in [-0.3, -0.25) is 4.90 Å². The Morgan fingerprint density at radius 3 is 2.32 bits per heavy atom. The van der Waals surface area contributed by atoms with E-state index in [2.05, 4.69) is 0 Å². The van der Waals surface area contributed by atoms with Crippen molar-refractivity contribution in [2.24, 2.45) is 0 Å². The number of aliphatic hydroxyl groups is 1. The van der Waals surface area contributed by atoms with Gasteiger partial charge in [0.05, 0.1) is 34.2 Å². The van der Waals surface area contributed by atoms with E-state index < -0.39 is 50.8 Å². The number of benzene rings is 2. The number of rotatable bonds is 4. The summed E-state index contributed by atoms with van der Waals surface area (Å²) in [6, 6.07) is 8.52. The molecule has 2 aromatic rings. The quantitative estimate of drug-likeness (QED) is 0.438. The second-order valence-corrected chi connectivity index (χ2v) is 12.1. The minimum absolute atomic E-state index is 0.0350. The Morgan fingerprint density at radius 2 is 1.76 bits per heavy atom. The summed E-state index contributed by atoms with van der Waals surface area (Å²) in [5.74, 6) is -0.884. The van der Waals surface area contributed by atoms with Crippen LogP contribution in [0.25, 0.3) is 0 Å². The van der Waals surface area contributed by atoms with Crippen molar-refractivity contribution in [2.75, 3.05) is 21.3 Å². The summed E-state index contributed by atoms with van der Waals surface area (Å²) in [5.41, 5.74) is -2.76. The highest BCUT2D eigenvalue weighted by atomic mass is 32.2. The minimum Gasteiger partial charge on any atom is -0.487 e. The lowest BCUT2D eigenvalue weighted by atomic mass is 10.0. The Balaban J connectivity index is 1.63. The van der Waals surface area contributed by atoms with E-state index in [1.807, 2.05) is 0 Å². The Kier molecular flexibility index (Phi) is 6.89. The zero-order valence-electron chi connectivity index (χ0n) is 19.8. The van der Waals surface area contributed by atoms with E-state index >= 15 is 4.39 Å². The Bertz CT molecular complexity index is 1380. The normalized spacial score (nSPS) is 21.7. The van der Waals surface area contributed by atoms with Gasteiger partial charge < -0.3 is 14.7 Å². The van der Waals surface area contributed by atoms with Crippen LogP contribution in [-0.2, 0) is 16.0 Å². The molecular formula is C24H23F4N3O4S2. The number of nitriles is 1. The molecule has 0 amide bonds. The van der Waals surface area contributed by atoms with Crippen molar-refractivity contribution in [3.8, 4) is 11.8 Å². The van der Waals surface area contributed by atoms with Crippen molar-refractivity contribution in [2.45, 2.75) is 50.7 Å². The number of thiocarbonyl (C=S) groups is 1. The Labute approximate surface area is 216 Å². The van der Waals surface area contributed by atoms with Gasteiger partial charge in [0.2, 0.25) is 0 Å². The highest BCUT2D eigenvalue weighted by Gasteiger charge is 2.50. The van der Waals surface area contributed by atoms with E-state index in [1.165, 1.54) is 29.2 Å². The molecule has 0 bridgehead atoms. The average Bonchev–Trinajstić information content (AvgIpc) is 2.99. The topological polar surface area (TPSA) is 93.9 Å². The van der Waals surface area contributed by atoms with Gasteiger partial charge >= 0.3 is 6.18 Å². The second kappa shape index (κ2) is 9.41. The smallest absolute Gasteiger partial charge is 0.417 e. The van der Waals surface area contributed by atoms with Crippen molar-refractivity contribution in [3.05, 3.63) is 53.3 Å². The summed E-state index contributed by atoms with van der Waals surface area (Å²) in [7, 11) is -3.10. The van der Waals surface area contributed by atoms with Gasteiger partial charge in [0, 0.05) is 17.4 Å². The van der Waals surface area contributed by atoms with Gasteiger partial charge in [0.1, 0.15) is 6.10 Å². The molecule has 0 aliphatic carbocycles. The number of nitrogens with zero attached hydrogens (tertiary/aromatic N) is 3. The number of aliphatic hydroxyl groups excluding tert-OH is 1. The summed E-state index contributed by atoms with van der Waals surface area (Å²) in [6.07, 6.45) is -6.16. The first-order valence-corrected chi connectivity index (χ1v) is 13.5. The zero-order chi connectivity index (χ0) is 27.3. The Morgan fingerprint density at radius 1 is 1.14 bits per heavy atom. The highest BCUT2D eigenvalue weighted by Crippen LogP contribution is 2.42. The fourth-order valence-electron chi connectivity index (χ4n) is 4.49. The van der Waals surface area contributed by atoms with E-state index in [0.29, 0.717) is 0 Å². The van der Waals surface area contributed by atoms with Gasteiger partial charge in [-0.1, -0.05) is 0 Å². The van der Waals surface area contributed by atoms with Crippen molar-refractivity contribution < 1.29 is 35.8 Å². The molecule has 0 aromatic heterocycles. The molecule has 13 heteroatoms. The summed E-state index contributed by atoms with van der Waals surface area (Å²) in [4.78, 5) is 2.55. The Hall–Kier alpha value is -2.95. The molecule has 2 saturated heterocycles. The van der Waals surface area contributed by atoms with E-state index in [4.69, 9.17) is 22.2 Å². The third kappa shape index (κ3) is 5.10. The fourth-order valence-corrected chi connectivity index (χ4v) is 6.48. The summed E-state index contributed by atoms with van der Waals surface area (Å²) in [5, 5.41) is 20.1. The third-order valence-corrected chi connectivity index (χ3v) is 8.62. The SMILES string of the molecule is CC1(C)C(O)N(c2ccc(C#N)c(C(F)(F)F)c2)C(=S)N1c1ccc(OC2CCS(=O)(=O)CC2)c(F)c1. The lowest BCUT2D eigenvalue weighted by molar-refractivity contribution is -0.137. The summed E-state index contributed by atoms with van der Waals surface area (Å²) >= 11 is 5.51. The predicted octanol–water partition coefficient (Wildman–Crippen LogP) is 4.38. The lowest BCUT2D eigenvalue weighted by Crippen LogP contribution is -2.47. The van der Waals surface area contributed by atoms with Crippen molar-refractivity contribution in [1.29, 1.82) is 5.26 Å². The summed E-state index contributed by atoms with van der Waals surface area (Å²) in [6.45, 7) is 3.20. The monoisotopic (exact) mass is 557 g/mol. The van der Waals surface area contributed by atoms with Crippen LogP contribution < -0.4 is 14.5 Å². The molecule has 2 aliphatic rings. The summed E-state index contributed by atoms with van der Waals surface area (Å²) < 4.78 is 84.5. The minimum atomic E-state index is -4.80. The van der Waals surface area contributed by atoms with E-state index in [1.54, 1.807) is 13.8 Å². The largest absolute Gasteiger partial charge is 0.487 e. The van der Waals surface area contributed by atoms with Crippen LogP contribution in [0.5, 0.6) is 5.75 Å². The van der Waals surface area contributed by atoms with Crippen LogP contribution in [0.4, 0.5) is 28.9 Å². The molecule has 1 N–H and O–H groups in total. The van der Waals surface area contributed by atoms with E-state index in [9.17, 15) is 26.7 Å². The molecule has 37 heavy (non-hydrogen) atoms. The van der Waals surface area contributed by atoms with Crippen LogP contribution in [0.3, 0.4) is 0 Å². The van der Waals surface area contributed by atoms with Gasteiger partial charge in [-0.2, -0.15) is 18.4 Å². The van der Waals surface area contributed by atoms with Gasteiger partial charge in [-0.15, -0.1) is 0 Å². The van der Waals surface area contributed by atoms with Crippen LogP contribution in [-0.4, -0.2) is 48.0 Å². The maximum absolute atomic E-state index is 15.0. The first-order valence-electron chi connectivity index (χ1n) is 11.2. The maximum Gasteiger partial charge on any atom is 0.417 e. The number of halogens is 4. The molecule has 198 valence electrons. The molecule has 1 unspecified atom stereocenters. The molecule has 0 spiro atoms. The standard InChI is InChI=1S/C24H23F4N3O4S2/c1-23(2)21(32)30(15-4-3-14(13-29)18(11-15)24(26,27)28)22(36)31(23)16-5-6-20(19(25)12-16)35-17-7-9-37(33,34)10-8-17/h3-6,11-12,17,21,32H,7-10H2,1-2H3. The van der Waals surface area contributed by atoms with Gasteiger partial charge in [0.25, 0.3) is 0 Å². The number of sulfone groups is 1. The molecule has 1 atom stereocenters. The average molecular weight is 558 g/mol.